The average Bonchev–Trinajstić information content (AvgIpc) is 3.04. The zero-order chi connectivity index (χ0) is 19.3. The van der Waals surface area contributed by atoms with Crippen LogP contribution in [0.3, 0.4) is 0 Å². The first-order valence-electron chi connectivity index (χ1n) is 9.04. The van der Waals surface area contributed by atoms with E-state index in [4.69, 9.17) is 0 Å². The van der Waals surface area contributed by atoms with Crippen molar-refractivity contribution in [1.29, 1.82) is 0 Å². The van der Waals surface area contributed by atoms with Gasteiger partial charge in [0.2, 0.25) is 10.0 Å². The standard InChI is InChI=1S/C18H30N4O3S/c1-5-19-18(22-11-10-16(23)13-22)20-12-15-6-8-17(9-7-15)26(24,25)21(4)14(2)3/h6-9,14,16,23H,5,10-13H2,1-4H3,(H,19,20)/t16-/m1/s1. The molecule has 1 heterocycles. The third-order valence-electron chi connectivity index (χ3n) is 4.54. The van der Waals surface area contributed by atoms with Gasteiger partial charge >= 0.3 is 0 Å². The molecule has 0 saturated carbocycles. The second kappa shape index (κ2) is 8.83. The molecule has 8 heteroatoms. The van der Waals surface area contributed by atoms with Crippen molar-refractivity contribution in [2.45, 2.75) is 50.8 Å². The summed E-state index contributed by atoms with van der Waals surface area (Å²) in [5.41, 5.74) is 0.936. The van der Waals surface area contributed by atoms with Crippen molar-refractivity contribution in [1.82, 2.24) is 14.5 Å². The van der Waals surface area contributed by atoms with Crippen molar-refractivity contribution in [3.05, 3.63) is 29.8 Å². The summed E-state index contributed by atoms with van der Waals surface area (Å²) >= 11 is 0. The number of aliphatic hydroxyl groups excluding tert-OH is 1. The molecule has 26 heavy (non-hydrogen) atoms. The topological polar surface area (TPSA) is 85.2 Å². The Hall–Kier alpha value is -1.64. The number of aliphatic imine (C=N–C) groups is 1. The number of aliphatic hydroxyl groups is 1. The summed E-state index contributed by atoms with van der Waals surface area (Å²) in [6.07, 6.45) is 0.446. The van der Waals surface area contributed by atoms with Crippen LogP contribution >= 0.6 is 0 Å². The molecule has 0 aliphatic carbocycles. The lowest BCUT2D eigenvalue weighted by atomic mass is 10.2. The number of β-amino-alcohol motifs (C(OH)–C–C–N with tert-alkyl or cyclic N) is 1. The van der Waals surface area contributed by atoms with Crippen LogP contribution in [0.25, 0.3) is 0 Å². The lowest BCUT2D eigenvalue weighted by Crippen LogP contribution is -2.40. The lowest BCUT2D eigenvalue weighted by molar-refractivity contribution is 0.188. The van der Waals surface area contributed by atoms with Crippen molar-refractivity contribution >= 4 is 16.0 Å². The fourth-order valence-electron chi connectivity index (χ4n) is 2.74. The number of sulfonamides is 1. The summed E-state index contributed by atoms with van der Waals surface area (Å²) in [6, 6.07) is 6.76. The third-order valence-corrected chi connectivity index (χ3v) is 6.58. The van der Waals surface area contributed by atoms with E-state index in [1.807, 2.05) is 25.7 Å². The fourth-order valence-corrected chi connectivity index (χ4v) is 4.10. The normalized spacial score (nSPS) is 18.8. The quantitative estimate of drug-likeness (QED) is 0.571. The molecule has 0 amide bonds. The van der Waals surface area contributed by atoms with Crippen LogP contribution in [-0.2, 0) is 16.6 Å². The minimum atomic E-state index is -3.46. The molecule has 1 atom stereocenters. The zero-order valence-electron chi connectivity index (χ0n) is 16.0. The molecule has 1 aromatic rings. The number of benzene rings is 1. The van der Waals surface area contributed by atoms with Crippen molar-refractivity contribution in [2.75, 3.05) is 26.7 Å². The van der Waals surface area contributed by atoms with Gasteiger partial charge in [-0.3, -0.25) is 0 Å². The van der Waals surface area contributed by atoms with Crippen molar-refractivity contribution in [3.63, 3.8) is 0 Å². The van der Waals surface area contributed by atoms with E-state index in [-0.39, 0.29) is 17.0 Å². The van der Waals surface area contributed by atoms with E-state index in [0.29, 0.717) is 13.1 Å². The Morgan fingerprint density at radius 2 is 2.04 bits per heavy atom. The van der Waals surface area contributed by atoms with Gasteiger partial charge in [-0.1, -0.05) is 12.1 Å². The minimum Gasteiger partial charge on any atom is -0.391 e. The van der Waals surface area contributed by atoms with E-state index in [2.05, 4.69) is 10.3 Å². The Labute approximate surface area is 156 Å². The van der Waals surface area contributed by atoms with Crippen molar-refractivity contribution < 1.29 is 13.5 Å². The van der Waals surface area contributed by atoms with Gasteiger partial charge < -0.3 is 15.3 Å². The molecule has 1 aromatic carbocycles. The summed E-state index contributed by atoms with van der Waals surface area (Å²) in [4.78, 5) is 6.95. The molecule has 0 spiro atoms. The predicted octanol–water partition coefficient (Wildman–Crippen LogP) is 1.25. The SMILES string of the molecule is CCNC(=NCc1ccc(S(=O)(=O)N(C)C(C)C)cc1)N1CC[C@@H](O)C1. The van der Waals surface area contributed by atoms with Gasteiger partial charge in [0.1, 0.15) is 0 Å². The van der Waals surface area contributed by atoms with Gasteiger partial charge in [-0.25, -0.2) is 13.4 Å². The Kier molecular flexibility index (Phi) is 7.02. The average molecular weight is 383 g/mol. The highest BCUT2D eigenvalue weighted by molar-refractivity contribution is 7.89. The summed E-state index contributed by atoms with van der Waals surface area (Å²) in [6.45, 7) is 8.28. The van der Waals surface area contributed by atoms with E-state index in [0.717, 1.165) is 31.0 Å². The Morgan fingerprint density at radius 3 is 2.54 bits per heavy atom. The molecule has 1 aliphatic heterocycles. The van der Waals surface area contributed by atoms with Gasteiger partial charge in [0.05, 0.1) is 17.5 Å². The van der Waals surface area contributed by atoms with Gasteiger partial charge in [0, 0.05) is 32.7 Å². The Bertz CT molecular complexity index is 716. The molecule has 0 radical (unpaired) electrons. The van der Waals surface area contributed by atoms with E-state index >= 15 is 0 Å². The molecular weight excluding hydrogens is 352 g/mol. The first-order valence-corrected chi connectivity index (χ1v) is 10.5. The summed E-state index contributed by atoms with van der Waals surface area (Å²) in [5, 5.41) is 12.9. The van der Waals surface area contributed by atoms with Crippen molar-refractivity contribution in [3.8, 4) is 0 Å². The van der Waals surface area contributed by atoms with Gasteiger partial charge in [0.15, 0.2) is 5.96 Å². The molecule has 146 valence electrons. The Morgan fingerprint density at radius 1 is 1.38 bits per heavy atom. The molecule has 1 saturated heterocycles. The maximum absolute atomic E-state index is 12.5. The highest BCUT2D eigenvalue weighted by Gasteiger charge is 2.24. The number of nitrogens with zero attached hydrogens (tertiary/aromatic N) is 3. The molecule has 0 aromatic heterocycles. The number of rotatable bonds is 6. The number of guanidine groups is 1. The van der Waals surface area contributed by atoms with Gasteiger partial charge in [-0.05, 0) is 44.9 Å². The van der Waals surface area contributed by atoms with Gasteiger partial charge in [-0.15, -0.1) is 0 Å². The van der Waals surface area contributed by atoms with Crippen LogP contribution in [0, 0.1) is 0 Å². The largest absolute Gasteiger partial charge is 0.391 e. The first kappa shape index (κ1) is 20.7. The summed E-state index contributed by atoms with van der Waals surface area (Å²) < 4.78 is 26.4. The number of likely N-dealkylation sites (tertiary alicyclic amines) is 1. The van der Waals surface area contributed by atoms with Crippen LogP contribution in [-0.4, -0.2) is 67.5 Å². The fraction of sp³-hybridized carbons (Fsp3) is 0.611. The number of nitrogens with one attached hydrogen (secondary N) is 1. The first-order chi connectivity index (χ1) is 12.3. The van der Waals surface area contributed by atoms with Crippen LogP contribution < -0.4 is 5.32 Å². The molecule has 1 aliphatic rings. The Balaban J connectivity index is 2.10. The maximum Gasteiger partial charge on any atom is 0.243 e. The van der Waals surface area contributed by atoms with Crippen LogP contribution in [0.15, 0.2) is 34.2 Å². The molecule has 1 fully saturated rings. The van der Waals surface area contributed by atoms with E-state index < -0.39 is 10.0 Å². The van der Waals surface area contributed by atoms with Crippen LogP contribution in [0.2, 0.25) is 0 Å². The van der Waals surface area contributed by atoms with E-state index in [1.54, 1.807) is 31.3 Å². The highest BCUT2D eigenvalue weighted by atomic mass is 32.2. The lowest BCUT2D eigenvalue weighted by Gasteiger charge is -2.21. The predicted molar refractivity (Wildman–Crippen MR) is 104 cm³/mol. The third kappa shape index (κ3) is 4.96. The molecule has 0 bridgehead atoms. The molecule has 0 unspecified atom stereocenters. The summed E-state index contributed by atoms with van der Waals surface area (Å²) in [7, 11) is -1.88. The van der Waals surface area contributed by atoms with Crippen LogP contribution in [0.5, 0.6) is 0 Å². The second-order valence-electron chi connectivity index (χ2n) is 6.82. The molecule has 2 rings (SSSR count). The zero-order valence-corrected chi connectivity index (χ0v) is 16.8. The number of hydrogen-bond donors (Lipinski definition) is 2. The smallest absolute Gasteiger partial charge is 0.243 e. The minimum absolute atomic E-state index is 0.0947. The number of hydrogen-bond acceptors (Lipinski definition) is 4. The second-order valence-corrected chi connectivity index (χ2v) is 8.82. The van der Waals surface area contributed by atoms with E-state index in [1.165, 1.54) is 4.31 Å². The highest BCUT2D eigenvalue weighted by Crippen LogP contribution is 2.17. The molecular formula is C18H30N4O3S. The maximum atomic E-state index is 12.5. The van der Waals surface area contributed by atoms with Crippen LogP contribution in [0.1, 0.15) is 32.8 Å². The van der Waals surface area contributed by atoms with E-state index in [9.17, 15) is 13.5 Å². The summed E-state index contributed by atoms with van der Waals surface area (Å²) in [5.74, 6) is 0.778. The van der Waals surface area contributed by atoms with Gasteiger partial charge in [0.25, 0.3) is 0 Å². The van der Waals surface area contributed by atoms with Crippen LogP contribution in [0.4, 0.5) is 0 Å². The van der Waals surface area contributed by atoms with Gasteiger partial charge in [-0.2, -0.15) is 4.31 Å². The molecule has 2 N–H and O–H groups in total. The van der Waals surface area contributed by atoms with Crippen molar-refractivity contribution in [2.24, 2.45) is 4.99 Å². The monoisotopic (exact) mass is 382 g/mol. The molecule has 7 nitrogen and oxygen atoms in total.